The van der Waals surface area contributed by atoms with Crippen molar-refractivity contribution >= 4 is 15.7 Å². The molecule has 1 aromatic carbocycles. The van der Waals surface area contributed by atoms with Crippen molar-refractivity contribution in [2.75, 3.05) is 11.8 Å². The summed E-state index contributed by atoms with van der Waals surface area (Å²) in [6.07, 6.45) is 2.99. The predicted octanol–water partition coefficient (Wildman–Crippen LogP) is 1.56. The zero-order valence-electron chi connectivity index (χ0n) is 11.8. The van der Waals surface area contributed by atoms with Crippen LogP contribution in [0.2, 0.25) is 0 Å². The van der Waals surface area contributed by atoms with Crippen molar-refractivity contribution in [2.45, 2.75) is 24.9 Å². The van der Waals surface area contributed by atoms with Gasteiger partial charge in [0.05, 0.1) is 16.8 Å². The lowest BCUT2D eigenvalue weighted by Gasteiger charge is -2.11. The Bertz CT molecular complexity index is 728. The van der Waals surface area contributed by atoms with Crippen molar-refractivity contribution in [2.24, 2.45) is 0 Å². The van der Waals surface area contributed by atoms with Crippen LogP contribution >= 0.6 is 0 Å². The van der Waals surface area contributed by atoms with Crippen molar-refractivity contribution < 1.29 is 12.8 Å². The van der Waals surface area contributed by atoms with E-state index in [0.717, 1.165) is 6.07 Å². The van der Waals surface area contributed by atoms with E-state index >= 15 is 0 Å². The molecule has 0 aliphatic carbocycles. The number of hydrogen-bond acceptors (Lipinski definition) is 4. The van der Waals surface area contributed by atoms with Crippen LogP contribution in [0.15, 0.2) is 35.5 Å². The van der Waals surface area contributed by atoms with Gasteiger partial charge in [0.15, 0.2) is 0 Å². The second-order valence-electron chi connectivity index (χ2n) is 4.47. The SMILES string of the molecule is CCn1cc(NS(=O)(=O)c2cc(F)ccc2CNC)cn1. The highest BCUT2D eigenvalue weighted by Gasteiger charge is 2.20. The Kier molecular flexibility index (Phi) is 4.59. The smallest absolute Gasteiger partial charge is 0.262 e. The van der Waals surface area contributed by atoms with E-state index < -0.39 is 15.8 Å². The number of aromatic nitrogens is 2. The third-order valence-corrected chi connectivity index (χ3v) is 4.36. The molecule has 0 atom stereocenters. The number of halogens is 1. The molecule has 0 aliphatic heterocycles. The van der Waals surface area contributed by atoms with Crippen molar-refractivity contribution in [3.8, 4) is 0 Å². The van der Waals surface area contributed by atoms with E-state index in [1.165, 1.54) is 18.3 Å². The Labute approximate surface area is 123 Å². The van der Waals surface area contributed by atoms with Crippen LogP contribution < -0.4 is 10.0 Å². The van der Waals surface area contributed by atoms with Gasteiger partial charge in [0.2, 0.25) is 0 Å². The van der Waals surface area contributed by atoms with Gasteiger partial charge in [-0.1, -0.05) is 6.07 Å². The standard InChI is InChI=1S/C13H17FN4O2S/c1-3-18-9-12(8-16-18)17-21(19,20)13-6-11(14)5-4-10(13)7-15-2/h4-6,8-9,15,17H,3,7H2,1-2H3. The third kappa shape index (κ3) is 3.59. The van der Waals surface area contributed by atoms with E-state index in [9.17, 15) is 12.8 Å². The summed E-state index contributed by atoms with van der Waals surface area (Å²) >= 11 is 0. The van der Waals surface area contributed by atoms with Gasteiger partial charge < -0.3 is 5.32 Å². The fourth-order valence-corrected chi connectivity index (χ4v) is 3.19. The van der Waals surface area contributed by atoms with E-state index in [2.05, 4.69) is 15.1 Å². The lowest BCUT2D eigenvalue weighted by Crippen LogP contribution is -2.17. The average Bonchev–Trinajstić information content (AvgIpc) is 2.88. The zero-order valence-corrected chi connectivity index (χ0v) is 12.6. The van der Waals surface area contributed by atoms with Crippen molar-refractivity contribution in [3.05, 3.63) is 42.0 Å². The second kappa shape index (κ2) is 6.23. The highest BCUT2D eigenvalue weighted by atomic mass is 32.2. The number of hydrogen-bond donors (Lipinski definition) is 2. The summed E-state index contributed by atoms with van der Waals surface area (Å²) in [6, 6.07) is 3.70. The molecule has 1 aromatic heterocycles. The van der Waals surface area contributed by atoms with Gasteiger partial charge in [-0.2, -0.15) is 5.10 Å². The normalized spacial score (nSPS) is 11.6. The monoisotopic (exact) mass is 312 g/mol. The summed E-state index contributed by atoms with van der Waals surface area (Å²) in [4.78, 5) is -0.0823. The quantitative estimate of drug-likeness (QED) is 0.849. The Balaban J connectivity index is 2.36. The summed E-state index contributed by atoms with van der Waals surface area (Å²) in [5, 5.41) is 6.85. The fraction of sp³-hybridized carbons (Fsp3) is 0.308. The number of nitrogens with one attached hydrogen (secondary N) is 2. The Morgan fingerprint density at radius 1 is 1.38 bits per heavy atom. The molecule has 0 radical (unpaired) electrons. The van der Waals surface area contributed by atoms with Gasteiger partial charge in [0.25, 0.3) is 10.0 Å². The van der Waals surface area contributed by atoms with E-state index in [-0.39, 0.29) is 4.90 Å². The van der Waals surface area contributed by atoms with Gasteiger partial charge >= 0.3 is 0 Å². The average molecular weight is 312 g/mol. The molecule has 0 amide bonds. The molecule has 0 bridgehead atoms. The first-order valence-electron chi connectivity index (χ1n) is 6.44. The van der Waals surface area contributed by atoms with Crippen molar-refractivity contribution in [3.63, 3.8) is 0 Å². The van der Waals surface area contributed by atoms with Crippen molar-refractivity contribution in [1.29, 1.82) is 0 Å². The van der Waals surface area contributed by atoms with Crippen LogP contribution in [0.5, 0.6) is 0 Å². The molecular formula is C13H17FN4O2S. The Hall–Kier alpha value is -1.93. The van der Waals surface area contributed by atoms with Gasteiger partial charge in [-0.05, 0) is 31.7 Å². The molecule has 2 rings (SSSR count). The number of nitrogens with zero attached hydrogens (tertiary/aromatic N) is 2. The molecule has 2 aromatic rings. The van der Waals surface area contributed by atoms with Crippen LogP contribution in [0.25, 0.3) is 0 Å². The van der Waals surface area contributed by atoms with E-state index in [1.807, 2.05) is 6.92 Å². The molecule has 21 heavy (non-hydrogen) atoms. The third-order valence-electron chi connectivity index (χ3n) is 2.90. The lowest BCUT2D eigenvalue weighted by molar-refractivity contribution is 0.592. The number of benzene rings is 1. The topological polar surface area (TPSA) is 76.0 Å². The molecule has 0 spiro atoms. The Morgan fingerprint density at radius 3 is 2.76 bits per heavy atom. The molecular weight excluding hydrogens is 295 g/mol. The van der Waals surface area contributed by atoms with Gasteiger partial charge in [0.1, 0.15) is 5.82 Å². The first-order valence-corrected chi connectivity index (χ1v) is 7.93. The van der Waals surface area contributed by atoms with Crippen LogP contribution in [0.4, 0.5) is 10.1 Å². The van der Waals surface area contributed by atoms with E-state index in [0.29, 0.717) is 24.3 Å². The molecule has 114 valence electrons. The lowest BCUT2D eigenvalue weighted by atomic mass is 10.2. The van der Waals surface area contributed by atoms with Crippen LogP contribution in [0.3, 0.4) is 0 Å². The molecule has 1 heterocycles. The van der Waals surface area contributed by atoms with E-state index in [1.54, 1.807) is 17.9 Å². The highest BCUT2D eigenvalue weighted by molar-refractivity contribution is 7.92. The largest absolute Gasteiger partial charge is 0.316 e. The number of anilines is 1. The van der Waals surface area contributed by atoms with Crippen LogP contribution in [0, 0.1) is 5.82 Å². The predicted molar refractivity (Wildman–Crippen MR) is 77.9 cm³/mol. The molecule has 0 saturated heterocycles. The summed E-state index contributed by atoms with van der Waals surface area (Å²) in [5.41, 5.74) is 0.839. The zero-order chi connectivity index (χ0) is 15.5. The molecule has 0 fully saturated rings. The number of rotatable bonds is 6. The van der Waals surface area contributed by atoms with E-state index in [4.69, 9.17) is 0 Å². The minimum Gasteiger partial charge on any atom is -0.316 e. The van der Waals surface area contributed by atoms with Gasteiger partial charge in [0, 0.05) is 19.3 Å². The summed E-state index contributed by atoms with van der Waals surface area (Å²) in [7, 11) is -2.17. The number of aryl methyl sites for hydroxylation is 1. The molecule has 0 unspecified atom stereocenters. The minimum absolute atomic E-state index is 0.0823. The molecule has 8 heteroatoms. The highest BCUT2D eigenvalue weighted by Crippen LogP contribution is 2.20. The minimum atomic E-state index is -3.87. The number of sulfonamides is 1. The molecule has 0 aliphatic rings. The van der Waals surface area contributed by atoms with Crippen LogP contribution in [-0.4, -0.2) is 25.2 Å². The second-order valence-corrected chi connectivity index (χ2v) is 6.12. The summed E-state index contributed by atoms with van der Waals surface area (Å²) < 4.78 is 42.2. The molecule has 0 saturated carbocycles. The summed E-state index contributed by atoms with van der Waals surface area (Å²) in [5.74, 6) is -0.598. The Morgan fingerprint density at radius 2 is 2.14 bits per heavy atom. The van der Waals surface area contributed by atoms with Crippen molar-refractivity contribution in [1.82, 2.24) is 15.1 Å². The first kappa shape index (κ1) is 15.5. The van der Waals surface area contributed by atoms with Gasteiger partial charge in [-0.25, -0.2) is 12.8 Å². The fourth-order valence-electron chi connectivity index (χ4n) is 1.91. The maximum Gasteiger partial charge on any atom is 0.262 e. The van der Waals surface area contributed by atoms with Crippen LogP contribution in [-0.2, 0) is 23.1 Å². The first-order chi connectivity index (χ1) is 9.96. The summed E-state index contributed by atoms with van der Waals surface area (Å²) in [6.45, 7) is 2.85. The molecule has 6 nitrogen and oxygen atoms in total. The van der Waals surface area contributed by atoms with Gasteiger partial charge in [-0.15, -0.1) is 0 Å². The maximum atomic E-state index is 13.4. The van der Waals surface area contributed by atoms with Gasteiger partial charge in [-0.3, -0.25) is 9.40 Å². The maximum absolute atomic E-state index is 13.4. The van der Waals surface area contributed by atoms with Crippen LogP contribution in [0.1, 0.15) is 12.5 Å². The molecule has 2 N–H and O–H groups in total.